The van der Waals surface area contributed by atoms with E-state index in [1.807, 2.05) is 7.05 Å². The van der Waals surface area contributed by atoms with Gasteiger partial charge in [-0.2, -0.15) is 0 Å². The van der Waals surface area contributed by atoms with Crippen LogP contribution in [0.3, 0.4) is 0 Å². The number of hydrogen-bond acceptors (Lipinski definition) is 11. The van der Waals surface area contributed by atoms with Crippen LogP contribution in [0.1, 0.15) is 54.3 Å². The van der Waals surface area contributed by atoms with Crippen molar-refractivity contribution >= 4 is 30.2 Å². The van der Waals surface area contributed by atoms with Crippen molar-refractivity contribution in [2.24, 2.45) is 39.9 Å². The predicted octanol–water partition coefficient (Wildman–Crippen LogP) is 3.39. The normalized spacial score (nSPS) is 43.1. The Morgan fingerprint density at radius 1 is 0.860 bits per heavy atom. The number of rotatable bonds is 7. The van der Waals surface area contributed by atoms with Crippen LogP contribution >= 0.6 is 0 Å². The molecule has 2 spiro atoms. The Morgan fingerprint density at radius 2 is 1.44 bits per heavy atom. The minimum absolute atomic E-state index is 0.0361. The summed E-state index contributed by atoms with van der Waals surface area (Å²) < 4.78 is 25.3. The molecule has 2 heterocycles. The van der Waals surface area contributed by atoms with Gasteiger partial charge in [-0.05, 0) is 37.7 Å². The van der Waals surface area contributed by atoms with E-state index in [1.165, 1.54) is 13.8 Å². The number of aliphatic hydroxyl groups excluding tert-OH is 1. The van der Waals surface area contributed by atoms with Crippen molar-refractivity contribution in [3.05, 3.63) is 83.9 Å². The van der Waals surface area contributed by atoms with Gasteiger partial charge in [-0.15, -0.1) is 0 Å². The molecule has 11 nitrogen and oxygen atoms in total. The first-order chi connectivity index (χ1) is 23.8. The molecular formula is C39H41NO10. The van der Waals surface area contributed by atoms with E-state index in [9.17, 15) is 29.1 Å². The lowest BCUT2D eigenvalue weighted by Crippen LogP contribution is -2.77. The van der Waals surface area contributed by atoms with Crippen molar-refractivity contribution in [1.29, 1.82) is 0 Å². The molecule has 8 fully saturated rings. The molecule has 14 atom stereocenters. The predicted molar refractivity (Wildman–Crippen MR) is 175 cm³/mol. The second-order valence-electron chi connectivity index (χ2n) is 15.5. The highest BCUT2D eigenvalue weighted by atomic mass is 16.6. The van der Waals surface area contributed by atoms with E-state index in [-0.39, 0.29) is 6.42 Å². The Bertz CT molecular complexity index is 1800. The smallest absolute Gasteiger partial charge is 0.338 e. The summed E-state index contributed by atoms with van der Waals surface area (Å²) in [6.07, 6.45) is -3.76. The molecule has 50 heavy (non-hydrogen) atoms. The van der Waals surface area contributed by atoms with Crippen molar-refractivity contribution in [3.8, 4) is 0 Å². The van der Waals surface area contributed by atoms with E-state index in [2.05, 4.69) is 11.5 Å². The molecule has 1 unspecified atom stereocenters. The molecule has 7 bridgehead atoms. The van der Waals surface area contributed by atoms with Gasteiger partial charge in [0.25, 0.3) is 0 Å². The van der Waals surface area contributed by atoms with Crippen LogP contribution in [0.15, 0.2) is 72.8 Å². The van der Waals surface area contributed by atoms with Crippen molar-refractivity contribution < 1.29 is 48.0 Å². The summed E-state index contributed by atoms with van der Waals surface area (Å²) in [6, 6.07) is 15.9. The Kier molecular flexibility index (Phi) is 7.27. The highest BCUT2D eigenvalue weighted by Crippen LogP contribution is 2.85. The number of carbonyl (C=O) groups excluding carboxylic acids is 5. The first-order valence-electron chi connectivity index (χ1n) is 17.2. The summed E-state index contributed by atoms with van der Waals surface area (Å²) in [4.78, 5) is 69.1. The average molecular weight is 684 g/mol. The van der Waals surface area contributed by atoms with Gasteiger partial charge in [0.2, 0.25) is 0 Å². The minimum Gasteiger partial charge on any atom is -0.461 e. The number of ether oxygens (including phenoxy) is 4. The topological polar surface area (TPSA) is 146 Å². The zero-order valence-corrected chi connectivity index (χ0v) is 28.4. The fourth-order valence-corrected chi connectivity index (χ4v) is 12.3. The van der Waals surface area contributed by atoms with Crippen LogP contribution in [0.4, 0.5) is 0 Å². The molecule has 6 aliphatic carbocycles. The lowest BCUT2D eigenvalue weighted by atomic mass is 9.37. The third-order valence-electron chi connectivity index (χ3n) is 13.2. The van der Waals surface area contributed by atoms with Gasteiger partial charge in [-0.25, -0.2) is 9.59 Å². The quantitative estimate of drug-likeness (QED) is 0.198. The maximum atomic E-state index is 13.8. The van der Waals surface area contributed by atoms with Gasteiger partial charge in [0.1, 0.15) is 30.7 Å². The van der Waals surface area contributed by atoms with Crippen LogP contribution < -0.4 is 0 Å². The Balaban J connectivity index is 1.35. The number of hydrogen-bond donors (Lipinski definition) is 1. The molecule has 0 amide bonds. The number of aldehydes is 1. The van der Waals surface area contributed by atoms with Crippen LogP contribution in [-0.2, 0) is 33.3 Å². The fourth-order valence-electron chi connectivity index (χ4n) is 12.3. The van der Waals surface area contributed by atoms with Gasteiger partial charge >= 0.3 is 23.9 Å². The third kappa shape index (κ3) is 4.01. The molecule has 2 aromatic carbocycles. The fraction of sp³-hybridized carbons (Fsp3) is 0.513. The molecule has 2 aliphatic heterocycles. The zero-order valence-electron chi connectivity index (χ0n) is 28.4. The molecule has 11 heteroatoms. The van der Waals surface area contributed by atoms with E-state index >= 15 is 0 Å². The molecular weight excluding hydrogens is 642 g/mol. The van der Waals surface area contributed by atoms with E-state index in [0.717, 1.165) is 6.29 Å². The summed E-state index contributed by atoms with van der Waals surface area (Å²) in [5, 5.41) is 12.7. The largest absolute Gasteiger partial charge is 0.461 e. The number of benzene rings is 2. The Labute approximate surface area is 289 Å². The van der Waals surface area contributed by atoms with Gasteiger partial charge in [-0.3, -0.25) is 14.5 Å². The number of nitrogens with zero attached hydrogens (tertiary/aromatic N) is 1. The molecule has 2 saturated heterocycles. The number of aliphatic hydroxyl groups is 1. The van der Waals surface area contributed by atoms with Crippen LogP contribution in [-0.4, -0.2) is 89.8 Å². The van der Waals surface area contributed by atoms with Crippen LogP contribution in [0, 0.1) is 39.9 Å². The maximum absolute atomic E-state index is 13.8. The highest BCUT2D eigenvalue weighted by molar-refractivity contribution is 5.90. The second kappa shape index (κ2) is 11.1. The van der Waals surface area contributed by atoms with Gasteiger partial charge in [0.05, 0.1) is 23.1 Å². The minimum atomic E-state index is -1.17. The summed E-state index contributed by atoms with van der Waals surface area (Å²) in [5.41, 5.74) is -2.04. The molecule has 262 valence electrons. The maximum Gasteiger partial charge on any atom is 0.338 e. The van der Waals surface area contributed by atoms with Crippen molar-refractivity contribution in [2.75, 3.05) is 7.05 Å². The lowest BCUT2D eigenvalue weighted by Gasteiger charge is -2.69. The van der Waals surface area contributed by atoms with Crippen LogP contribution in [0.5, 0.6) is 0 Å². The molecule has 6 saturated carbocycles. The third-order valence-corrected chi connectivity index (χ3v) is 13.2. The Morgan fingerprint density at radius 3 is 2.00 bits per heavy atom. The number of likely N-dealkylation sites (N-methyl/N-ethyl adjacent to an activating group) is 1. The summed E-state index contributed by atoms with van der Waals surface area (Å²) in [6.45, 7) is 8.80. The van der Waals surface area contributed by atoms with Crippen LogP contribution in [0.2, 0.25) is 0 Å². The number of fused-ring (bicyclic) bond motifs is 1. The number of piperidine rings is 1. The molecule has 0 aromatic heterocycles. The molecule has 0 radical (unpaired) electrons. The van der Waals surface area contributed by atoms with Gasteiger partial charge in [0, 0.05) is 66.4 Å². The monoisotopic (exact) mass is 683 g/mol. The summed E-state index contributed by atoms with van der Waals surface area (Å²) in [5.74, 6) is -4.83. The second-order valence-corrected chi connectivity index (χ2v) is 15.5. The number of carbonyl (C=O) groups is 5. The highest BCUT2D eigenvalue weighted by Gasteiger charge is 2.93. The van der Waals surface area contributed by atoms with Crippen molar-refractivity contribution in [1.82, 2.24) is 4.90 Å². The molecule has 8 aliphatic rings. The van der Waals surface area contributed by atoms with E-state index in [0.29, 0.717) is 23.1 Å². The van der Waals surface area contributed by atoms with E-state index in [1.54, 1.807) is 67.6 Å². The SMILES string of the molecule is C=C1C[C@]23[C@H](O)[C@H]4[C@H]5[C@@]6(C([C@@H]2[C@@H](OC(=O)c2ccccc2)[C@H]1[C@@H](OC(C)=O)[C@H]36)N4C)[C@H](OC(C)=O)[C@@H](OC(=O)c1ccccc1)C[C@@]5(C)C=O. The van der Waals surface area contributed by atoms with Gasteiger partial charge in [0.15, 0.2) is 0 Å². The van der Waals surface area contributed by atoms with Gasteiger partial charge in [-0.1, -0.05) is 55.5 Å². The van der Waals surface area contributed by atoms with E-state index in [4.69, 9.17) is 18.9 Å². The number of esters is 4. The first-order valence-corrected chi connectivity index (χ1v) is 17.2. The van der Waals surface area contributed by atoms with Crippen molar-refractivity contribution in [2.45, 2.75) is 76.2 Å². The first kappa shape index (κ1) is 32.8. The molecule has 10 rings (SSSR count). The average Bonchev–Trinajstić information content (AvgIpc) is 3.41. The van der Waals surface area contributed by atoms with Crippen LogP contribution in [0.25, 0.3) is 0 Å². The summed E-state index contributed by atoms with van der Waals surface area (Å²) >= 11 is 0. The van der Waals surface area contributed by atoms with Crippen molar-refractivity contribution in [3.63, 3.8) is 0 Å². The standard InChI is InChI=1S/C39H41NO10/c1-19-16-38-26-28(50-36(46)23-14-10-7-11-15-23)25(19)29(47-20(2)42)31(38)39-30(27(33(38)44)40(5)32(26)39)37(4,18-41)17-24(34(39)48-21(3)43)49-35(45)22-12-8-6-9-13-22/h6-15,18,24-34,44H,1,16-17H2,2-5H3/t24-,25-,26-,27+,28-,29+,30+,31+,32?,33+,34+,37-,38-,39+/m0/s1. The zero-order chi connectivity index (χ0) is 35.5. The summed E-state index contributed by atoms with van der Waals surface area (Å²) in [7, 11) is 1.88. The lowest BCUT2D eigenvalue weighted by molar-refractivity contribution is -0.286. The van der Waals surface area contributed by atoms with E-state index < -0.39 is 106 Å². The van der Waals surface area contributed by atoms with Gasteiger partial charge < -0.3 is 28.8 Å². The Hall–Kier alpha value is -4.35. The molecule has 1 N–H and O–H groups in total. The molecule has 2 aromatic rings.